The predicted molar refractivity (Wildman–Crippen MR) is 77.0 cm³/mol. The second-order valence-electron chi connectivity index (χ2n) is 5.59. The molecule has 0 spiro atoms. The molecule has 7 heteroatoms. The maximum atomic E-state index is 11.9. The predicted octanol–water partition coefficient (Wildman–Crippen LogP) is 1.29. The number of hydrogen-bond donors (Lipinski definition) is 1. The van der Waals surface area contributed by atoms with Gasteiger partial charge in [0.2, 0.25) is 5.91 Å². The first-order chi connectivity index (χ1) is 10.0. The summed E-state index contributed by atoms with van der Waals surface area (Å²) in [5, 5.41) is 11.0. The smallest absolute Gasteiger partial charge is 0.239 e. The third-order valence-corrected chi connectivity index (χ3v) is 3.59. The highest BCUT2D eigenvalue weighted by Crippen LogP contribution is 2.22. The lowest BCUT2D eigenvalue weighted by molar-refractivity contribution is -0.118. The molecule has 7 nitrogen and oxygen atoms in total. The normalized spacial score (nSPS) is 16.0. The molecule has 1 aliphatic heterocycles. The lowest BCUT2D eigenvalue weighted by Crippen LogP contribution is -2.51. The largest absolute Gasteiger partial charge is 0.360 e. The molecule has 1 amide bonds. The fraction of sp³-hybridized carbons (Fsp3) is 0.500. The van der Waals surface area contributed by atoms with Crippen LogP contribution in [0.3, 0.4) is 0 Å². The molecule has 0 aromatic carbocycles. The fourth-order valence-corrected chi connectivity index (χ4v) is 2.65. The van der Waals surface area contributed by atoms with Crippen LogP contribution in [0.4, 0.5) is 5.82 Å². The molecule has 1 saturated heterocycles. The Labute approximate surface area is 122 Å². The van der Waals surface area contributed by atoms with Crippen LogP contribution >= 0.6 is 0 Å². The summed E-state index contributed by atoms with van der Waals surface area (Å²) in [7, 11) is 0. The van der Waals surface area contributed by atoms with Crippen molar-refractivity contribution in [3.8, 4) is 0 Å². The van der Waals surface area contributed by atoms with E-state index in [2.05, 4.69) is 33.5 Å². The Morgan fingerprint density at radius 2 is 2.14 bits per heavy atom. The number of rotatable bonds is 4. The highest BCUT2D eigenvalue weighted by molar-refractivity contribution is 5.91. The number of hydrogen-bond acceptors (Lipinski definition) is 5. The van der Waals surface area contributed by atoms with Gasteiger partial charge in [0.1, 0.15) is 5.76 Å². The molecule has 1 aliphatic rings. The van der Waals surface area contributed by atoms with Gasteiger partial charge in [0.05, 0.1) is 18.3 Å². The minimum atomic E-state index is -0.0740. The van der Waals surface area contributed by atoms with E-state index in [0.717, 1.165) is 18.8 Å². The van der Waals surface area contributed by atoms with Crippen LogP contribution in [0, 0.1) is 20.8 Å². The average molecular weight is 289 g/mol. The molecule has 2 aromatic heterocycles. The lowest BCUT2D eigenvalue weighted by Gasteiger charge is -2.39. The highest BCUT2D eigenvalue weighted by Gasteiger charge is 2.31. The molecule has 0 saturated carbocycles. The van der Waals surface area contributed by atoms with E-state index in [4.69, 9.17) is 4.52 Å². The summed E-state index contributed by atoms with van der Waals surface area (Å²) in [6.07, 6.45) is 0. The van der Waals surface area contributed by atoms with Crippen molar-refractivity contribution in [3.05, 3.63) is 29.3 Å². The molecule has 3 rings (SSSR count). The molecule has 0 unspecified atom stereocenters. The summed E-state index contributed by atoms with van der Waals surface area (Å²) in [4.78, 5) is 14.0. The molecule has 2 aromatic rings. The summed E-state index contributed by atoms with van der Waals surface area (Å²) in [6.45, 7) is 7.88. The van der Waals surface area contributed by atoms with Crippen LogP contribution in [0.2, 0.25) is 0 Å². The molecule has 0 bridgehead atoms. The molecule has 1 fully saturated rings. The third kappa shape index (κ3) is 2.97. The van der Waals surface area contributed by atoms with Crippen molar-refractivity contribution in [2.24, 2.45) is 0 Å². The number of carbonyl (C=O) groups is 1. The van der Waals surface area contributed by atoms with E-state index in [0.29, 0.717) is 24.2 Å². The zero-order chi connectivity index (χ0) is 15.0. The van der Waals surface area contributed by atoms with Crippen molar-refractivity contribution in [2.75, 3.05) is 25.0 Å². The van der Waals surface area contributed by atoms with E-state index in [9.17, 15) is 4.79 Å². The standard InChI is InChI=1S/C14H19N5O2/c1-9-4-10(2)19(16-9)12-6-18(7-12)8-14(20)15-13-5-11(3)21-17-13/h4-5,12H,6-8H2,1-3H3,(H,15,17,20). The number of aromatic nitrogens is 3. The van der Waals surface area contributed by atoms with E-state index in [-0.39, 0.29) is 5.91 Å². The van der Waals surface area contributed by atoms with Gasteiger partial charge in [-0.3, -0.25) is 14.4 Å². The second kappa shape index (κ2) is 5.33. The van der Waals surface area contributed by atoms with Crippen LogP contribution in [0.15, 0.2) is 16.7 Å². The molecular weight excluding hydrogens is 270 g/mol. The molecule has 112 valence electrons. The number of carbonyl (C=O) groups excluding carboxylic acids is 1. The Hall–Kier alpha value is -2.15. The number of nitrogens with zero attached hydrogens (tertiary/aromatic N) is 4. The number of anilines is 1. The van der Waals surface area contributed by atoms with Gasteiger partial charge in [0.15, 0.2) is 5.82 Å². The monoisotopic (exact) mass is 289 g/mol. The Bertz CT molecular complexity index is 654. The van der Waals surface area contributed by atoms with Crippen LogP contribution in [-0.2, 0) is 4.79 Å². The van der Waals surface area contributed by atoms with Gasteiger partial charge in [-0.25, -0.2) is 0 Å². The van der Waals surface area contributed by atoms with Crippen molar-refractivity contribution >= 4 is 11.7 Å². The first-order valence-corrected chi connectivity index (χ1v) is 6.99. The molecule has 3 heterocycles. The Balaban J connectivity index is 1.48. The van der Waals surface area contributed by atoms with Gasteiger partial charge in [0, 0.05) is 24.8 Å². The highest BCUT2D eigenvalue weighted by atomic mass is 16.5. The van der Waals surface area contributed by atoms with Crippen molar-refractivity contribution in [1.82, 2.24) is 19.8 Å². The molecule has 0 atom stereocenters. The van der Waals surface area contributed by atoms with Gasteiger partial charge in [-0.2, -0.15) is 5.10 Å². The van der Waals surface area contributed by atoms with Gasteiger partial charge in [0.25, 0.3) is 0 Å². The first kappa shape index (κ1) is 13.8. The van der Waals surface area contributed by atoms with Gasteiger partial charge in [-0.15, -0.1) is 0 Å². The number of nitrogens with one attached hydrogen (secondary N) is 1. The SMILES string of the molecule is Cc1cc(C)n(C2CN(CC(=O)Nc3cc(C)on3)C2)n1. The molecule has 21 heavy (non-hydrogen) atoms. The Morgan fingerprint density at radius 1 is 1.38 bits per heavy atom. The topological polar surface area (TPSA) is 76.2 Å². The summed E-state index contributed by atoms with van der Waals surface area (Å²) < 4.78 is 6.96. The molecule has 0 aliphatic carbocycles. The van der Waals surface area contributed by atoms with Gasteiger partial charge >= 0.3 is 0 Å². The van der Waals surface area contributed by atoms with Crippen molar-refractivity contribution < 1.29 is 9.32 Å². The van der Waals surface area contributed by atoms with Gasteiger partial charge < -0.3 is 9.84 Å². The maximum absolute atomic E-state index is 11.9. The van der Waals surface area contributed by atoms with Crippen molar-refractivity contribution in [2.45, 2.75) is 26.8 Å². The first-order valence-electron chi connectivity index (χ1n) is 6.99. The van der Waals surface area contributed by atoms with Crippen LogP contribution in [0.25, 0.3) is 0 Å². The number of likely N-dealkylation sites (tertiary alicyclic amines) is 1. The quantitative estimate of drug-likeness (QED) is 0.918. The van der Waals surface area contributed by atoms with E-state index in [1.54, 1.807) is 13.0 Å². The summed E-state index contributed by atoms with van der Waals surface area (Å²) in [5.74, 6) is 1.07. The summed E-state index contributed by atoms with van der Waals surface area (Å²) in [6, 6.07) is 4.13. The van der Waals surface area contributed by atoms with E-state index in [1.807, 2.05) is 11.6 Å². The van der Waals surface area contributed by atoms with E-state index >= 15 is 0 Å². The minimum Gasteiger partial charge on any atom is -0.360 e. The number of aryl methyl sites for hydroxylation is 3. The molecule has 0 radical (unpaired) electrons. The lowest BCUT2D eigenvalue weighted by atomic mass is 10.1. The van der Waals surface area contributed by atoms with Crippen LogP contribution in [0.1, 0.15) is 23.2 Å². The van der Waals surface area contributed by atoms with Crippen molar-refractivity contribution in [3.63, 3.8) is 0 Å². The minimum absolute atomic E-state index is 0.0740. The third-order valence-electron chi connectivity index (χ3n) is 3.59. The summed E-state index contributed by atoms with van der Waals surface area (Å²) >= 11 is 0. The Kier molecular flexibility index (Phi) is 3.50. The Morgan fingerprint density at radius 3 is 2.71 bits per heavy atom. The average Bonchev–Trinajstić information content (AvgIpc) is 2.89. The fourth-order valence-electron chi connectivity index (χ4n) is 2.65. The van der Waals surface area contributed by atoms with Crippen molar-refractivity contribution in [1.29, 1.82) is 0 Å². The summed E-state index contributed by atoms with van der Waals surface area (Å²) in [5.41, 5.74) is 2.20. The second-order valence-corrected chi connectivity index (χ2v) is 5.59. The molecular formula is C14H19N5O2. The van der Waals surface area contributed by atoms with Gasteiger partial charge in [-0.05, 0) is 26.8 Å². The number of amides is 1. The van der Waals surface area contributed by atoms with Crippen LogP contribution in [-0.4, -0.2) is 45.4 Å². The van der Waals surface area contributed by atoms with Crippen LogP contribution in [0.5, 0.6) is 0 Å². The van der Waals surface area contributed by atoms with Crippen LogP contribution < -0.4 is 5.32 Å². The maximum Gasteiger partial charge on any atom is 0.239 e. The van der Waals surface area contributed by atoms with Gasteiger partial charge in [-0.1, -0.05) is 5.16 Å². The van der Waals surface area contributed by atoms with E-state index in [1.165, 1.54) is 5.69 Å². The van der Waals surface area contributed by atoms with E-state index < -0.39 is 0 Å². The molecule has 1 N–H and O–H groups in total. The zero-order valence-corrected chi connectivity index (χ0v) is 12.5. The zero-order valence-electron chi connectivity index (χ0n) is 12.5.